The molecule has 2 fully saturated rings. The molecule has 30 heavy (non-hydrogen) atoms. The lowest BCUT2D eigenvalue weighted by molar-refractivity contribution is 0.0938. The maximum absolute atomic E-state index is 12.4. The number of hydrogen-bond donors (Lipinski definition) is 2. The molecule has 5 nitrogen and oxygen atoms in total. The number of anilines is 1. The van der Waals surface area contributed by atoms with E-state index in [2.05, 4.69) is 39.6 Å². The predicted octanol–water partition coefficient (Wildman–Crippen LogP) is 4.32. The topological polar surface area (TPSA) is 57.3 Å². The fourth-order valence-electron chi connectivity index (χ4n) is 4.63. The Kier molecular flexibility index (Phi) is 7.39. The van der Waals surface area contributed by atoms with Crippen molar-refractivity contribution in [2.75, 3.05) is 24.5 Å². The van der Waals surface area contributed by atoms with E-state index in [1.165, 1.54) is 48.4 Å². The van der Waals surface area contributed by atoms with Crippen LogP contribution in [0.3, 0.4) is 0 Å². The molecule has 0 bridgehead atoms. The molecule has 0 unspecified atom stereocenters. The highest BCUT2D eigenvalue weighted by atomic mass is 32.1. The van der Waals surface area contributed by atoms with Crippen LogP contribution in [-0.4, -0.2) is 42.6 Å². The number of rotatable bonds is 8. The zero-order valence-electron chi connectivity index (χ0n) is 18.0. The molecule has 0 spiro atoms. The number of carbonyl (C=O) groups excluding carboxylic acids is 1. The number of aryl methyl sites for hydroxylation is 2. The van der Waals surface area contributed by atoms with Crippen LogP contribution in [0.1, 0.15) is 65.9 Å². The first-order valence-corrected chi connectivity index (χ1v) is 12.4. The third kappa shape index (κ3) is 5.61. The summed E-state index contributed by atoms with van der Waals surface area (Å²) >= 11 is 1.77. The van der Waals surface area contributed by atoms with Gasteiger partial charge in [-0.15, -0.1) is 11.3 Å². The molecule has 2 aliphatic rings. The second-order valence-electron chi connectivity index (χ2n) is 8.68. The molecule has 1 aromatic carbocycles. The van der Waals surface area contributed by atoms with Gasteiger partial charge in [0.1, 0.15) is 0 Å². The Labute approximate surface area is 184 Å². The Balaban J connectivity index is 1.17. The molecule has 1 aromatic heterocycles. The minimum atomic E-state index is 0.0740. The minimum Gasteiger partial charge on any atom is -0.371 e. The summed E-state index contributed by atoms with van der Waals surface area (Å²) in [7, 11) is 0. The van der Waals surface area contributed by atoms with Gasteiger partial charge < -0.3 is 15.5 Å². The second kappa shape index (κ2) is 10.4. The van der Waals surface area contributed by atoms with Gasteiger partial charge in [0.05, 0.1) is 11.2 Å². The number of aromatic nitrogens is 1. The maximum atomic E-state index is 12.4. The van der Waals surface area contributed by atoms with Crippen LogP contribution in [-0.2, 0) is 6.42 Å². The summed E-state index contributed by atoms with van der Waals surface area (Å²) in [6.45, 7) is 5.31. The standard InChI is InChI=1S/C24H34N4OS/c1-18-23(30-17-26-18)7-4-14-25-20-12-15-28(16-13-20)22-10-8-19(9-11-22)24(29)27-21-5-2-3-6-21/h8-11,17,20-21,25H,2-7,12-16H2,1H3,(H,27,29). The molecule has 1 saturated carbocycles. The van der Waals surface area contributed by atoms with Crippen LogP contribution >= 0.6 is 11.3 Å². The highest BCUT2D eigenvalue weighted by molar-refractivity contribution is 7.09. The van der Waals surface area contributed by atoms with Gasteiger partial charge in [0.15, 0.2) is 0 Å². The Morgan fingerprint density at radius 1 is 1.10 bits per heavy atom. The van der Waals surface area contributed by atoms with Crippen molar-refractivity contribution in [3.63, 3.8) is 0 Å². The van der Waals surface area contributed by atoms with E-state index in [0.29, 0.717) is 12.1 Å². The maximum Gasteiger partial charge on any atom is 0.251 e. The Morgan fingerprint density at radius 3 is 2.50 bits per heavy atom. The van der Waals surface area contributed by atoms with Crippen LogP contribution < -0.4 is 15.5 Å². The van der Waals surface area contributed by atoms with Crippen LogP contribution in [0.4, 0.5) is 5.69 Å². The van der Waals surface area contributed by atoms with Crippen LogP contribution in [0.2, 0.25) is 0 Å². The number of thiazole rings is 1. The number of carbonyl (C=O) groups is 1. The second-order valence-corrected chi connectivity index (χ2v) is 9.62. The SMILES string of the molecule is Cc1ncsc1CCCNC1CCN(c2ccc(C(=O)NC3CCCC3)cc2)CC1. The van der Waals surface area contributed by atoms with Crippen LogP contribution in [0.5, 0.6) is 0 Å². The van der Waals surface area contributed by atoms with Gasteiger partial charge in [-0.3, -0.25) is 4.79 Å². The van der Waals surface area contributed by atoms with Gasteiger partial charge in [-0.25, -0.2) is 4.98 Å². The van der Waals surface area contributed by atoms with Crippen molar-refractivity contribution in [3.8, 4) is 0 Å². The molecule has 1 aliphatic carbocycles. The van der Waals surface area contributed by atoms with E-state index in [1.54, 1.807) is 11.3 Å². The largest absolute Gasteiger partial charge is 0.371 e. The highest BCUT2D eigenvalue weighted by Gasteiger charge is 2.20. The normalized spacial score (nSPS) is 18.1. The van der Waals surface area contributed by atoms with Crippen molar-refractivity contribution in [2.45, 2.75) is 70.4 Å². The highest BCUT2D eigenvalue weighted by Crippen LogP contribution is 2.22. The lowest BCUT2D eigenvalue weighted by Crippen LogP contribution is -2.42. The van der Waals surface area contributed by atoms with E-state index in [-0.39, 0.29) is 5.91 Å². The van der Waals surface area contributed by atoms with E-state index in [1.807, 2.05) is 17.6 Å². The third-order valence-corrected chi connectivity index (χ3v) is 7.53. The number of hydrogen-bond acceptors (Lipinski definition) is 5. The predicted molar refractivity (Wildman–Crippen MR) is 125 cm³/mol. The fourth-order valence-corrected chi connectivity index (χ4v) is 5.45. The average Bonchev–Trinajstić information content (AvgIpc) is 3.43. The molecule has 4 rings (SSSR count). The number of nitrogens with one attached hydrogen (secondary N) is 2. The van der Waals surface area contributed by atoms with E-state index < -0.39 is 0 Å². The van der Waals surface area contributed by atoms with Crippen molar-refractivity contribution in [1.29, 1.82) is 0 Å². The summed E-state index contributed by atoms with van der Waals surface area (Å²) in [4.78, 5) is 20.6. The van der Waals surface area contributed by atoms with Crippen LogP contribution in [0, 0.1) is 6.92 Å². The number of nitrogens with zero attached hydrogens (tertiary/aromatic N) is 2. The molecule has 2 heterocycles. The lowest BCUT2D eigenvalue weighted by atomic mass is 10.0. The van der Waals surface area contributed by atoms with Gasteiger partial charge in [-0.05, 0) is 76.3 Å². The van der Waals surface area contributed by atoms with Gasteiger partial charge >= 0.3 is 0 Å². The number of piperidine rings is 1. The summed E-state index contributed by atoms with van der Waals surface area (Å²) in [5.41, 5.74) is 5.14. The summed E-state index contributed by atoms with van der Waals surface area (Å²) in [5, 5.41) is 6.91. The zero-order chi connectivity index (χ0) is 20.8. The number of benzene rings is 1. The monoisotopic (exact) mass is 426 g/mol. The molecule has 6 heteroatoms. The molecule has 1 aliphatic heterocycles. The van der Waals surface area contributed by atoms with Gasteiger partial charge in [0.25, 0.3) is 5.91 Å². The molecule has 1 amide bonds. The molecular weight excluding hydrogens is 392 g/mol. The van der Waals surface area contributed by atoms with Crippen molar-refractivity contribution >= 4 is 22.9 Å². The number of amides is 1. The summed E-state index contributed by atoms with van der Waals surface area (Å²) < 4.78 is 0. The van der Waals surface area contributed by atoms with Gasteiger partial charge in [0.2, 0.25) is 0 Å². The lowest BCUT2D eigenvalue weighted by Gasteiger charge is -2.34. The fraction of sp³-hybridized carbons (Fsp3) is 0.583. The van der Waals surface area contributed by atoms with E-state index in [9.17, 15) is 4.79 Å². The molecule has 1 saturated heterocycles. The van der Waals surface area contributed by atoms with Gasteiger partial charge in [0, 0.05) is 41.3 Å². The van der Waals surface area contributed by atoms with Gasteiger partial charge in [-0.1, -0.05) is 12.8 Å². The molecular formula is C24H34N4OS. The summed E-state index contributed by atoms with van der Waals surface area (Å²) in [6, 6.07) is 9.15. The molecule has 2 N–H and O–H groups in total. The Morgan fingerprint density at radius 2 is 1.83 bits per heavy atom. The van der Waals surface area contributed by atoms with Crippen LogP contribution in [0.15, 0.2) is 29.8 Å². The Hall–Kier alpha value is -1.92. The summed E-state index contributed by atoms with van der Waals surface area (Å²) in [5.74, 6) is 0.0740. The molecule has 2 aromatic rings. The quantitative estimate of drug-likeness (QED) is 0.618. The van der Waals surface area contributed by atoms with E-state index in [0.717, 1.165) is 44.5 Å². The molecule has 0 atom stereocenters. The molecule has 162 valence electrons. The third-order valence-electron chi connectivity index (χ3n) is 6.54. The van der Waals surface area contributed by atoms with E-state index >= 15 is 0 Å². The van der Waals surface area contributed by atoms with Crippen molar-refractivity contribution in [2.24, 2.45) is 0 Å². The summed E-state index contributed by atoms with van der Waals surface area (Å²) in [6.07, 6.45) is 9.36. The smallest absolute Gasteiger partial charge is 0.251 e. The Bertz CT molecular complexity index is 805. The zero-order valence-corrected chi connectivity index (χ0v) is 18.8. The minimum absolute atomic E-state index is 0.0740. The van der Waals surface area contributed by atoms with Gasteiger partial charge in [-0.2, -0.15) is 0 Å². The first-order chi connectivity index (χ1) is 14.7. The average molecular weight is 427 g/mol. The van der Waals surface area contributed by atoms with Crippen LogP contribution in [0.25, 0.3) is 0 Å². The van der Waals surface area contributed by atoms with Crippen molar-refractivity contribution < 1.29 is 4.79 Å². The first kappa shape index (κ1) is 21.3. The van der Waals surface area contributed by atoms with E-state index in [4.69, 9.17) is 0 Å². The molecule has 0 radical (unpaired) electrons. The first-order valence-electron chi connectivity index (χ1n) is 11.5. The van der Waals surface area contributed by atoms with Crippen molar-refractivity contribution in [3.05, 3.63) is 45.9 Å². The van der Waals surface area contributed by atoms with Crippen molar-refractivity contribution in [1.82, 2.24) is 15.6 Å².